The van der Waals surface area contributed by atoms with Crippen molar-refractivity contribution >= 4 is 17.4 Å². The van der Waals surface area contributed by atoms with Gasteiger partial charge in [-0.05, 0) is 19.1 Å². The van der Waals surface area contributed by atoms with Gasteiger partial charge in [-0.3, -0.25) is 4.79 Å². The van der Waals surface area contributed by atoms with E-state index in [1.165, 1.54) is 0 Å². The van der Waals surface area contributed by atoms with E-state index < -0.39 is 35.2 Å². The van der Waals surface area contributed by atoms with Crippen molar-refractivity contribution in [1.29, 1.82) is 0 Å². The average Bonchev–Trinajstić information content (AvgIpc) is 2.19. The van der Waals surface area contributed by atoms with Gasteiger partial charge in [0.15, 0.2) is 11.5 Å². The standard InChI is InChI=1S/C10H7ClF4O2/c1-4(16)5-2-3-6(11)8(17-10(14)15)7(5)9(12)13/h2-3,9-10H,1H3. The first kappa shape index (κ1) is 13.8. The molecule has 94 valence electrons. The fourth-order valence-electron chi connectivity index (χ4n) is 1.31. The zero-order valence-corrected chi connectivity index (χ0v) is 9.27. The molecular formula is C10H7ClF4O2. The molecule has 0 fully saturated rings. The molecule has 0 aliphatic heterocycles. The Morgan fingerprint density at radius 1 is 1.29 bits per heavy atom. The summed E-state index contributed by atoms with van der Waals surface area (Å²) in [6.45, 7) is -2.26. The number of benzene rings is 1. The average molecular weight is 271 g/mol. The van der Waals surface area contributed by atoms with Crippen LogP contribution in [0.3, 0.4) is 0 Å². The predicted molar refractivity (Wildman–Crippen MR) is 53.0 cm³/mol. The van der Waals surface area contributed by atoms with E-state index in [0.717, 1.165) is 19.1 Å². The van der Waals surface area contributed by atoms with Gasteiger partial charge in [-0.2, -0.15) is 8.78 Å². The van der Waals surface area contributed by atoms with Crippen LogP contribution in [0.4, 0.5) is 17.6 Å². The molecule has 0 amide bonds. The molecule has 0 aliphatic rings. The van der Waals surface area contributed by atoms with Crippen molar-refractivity contribution in [3.05, 3.63) is 28.3 Å². The number of hydrogen-bond donors (Lipinski definition) is 0. The number of carbonyl (C=O) groups is 1. The van der Waals surface area contributed by atoms with Crippen LogP contribution >= 0.6 is 11.6 Å². The van der Waals surface area contributed by atoms with Gasteiger partial charge in [-0.15, -0.1) is 0 Å². The molecule has 1 aromatic carbocycles. The number of carbonyl (C=O) groups excluding carboxylic acids is 1. The van der Waals surface area contributed by atoms with Crippen molar-refractivity contribution < 1.29 is 27.1 Å². The lowest BCUT2D eigenvalue weighted by atomic mass is 10.0. The molecule has 0 saturated carbocycles. The van der Waals surface area contributed by atoms with Gasteiger partial charge >= 0.3 is 6.61 Å². The van der Waals surface area contributed by atoms with Gasteiger partial charge in [0, 0.05) is 5.56 Å². The minimum absolute atomic E-state index is 0.389. The molecule has 0 aliphatic carbocycles. The van der Waals surface area contributed by atoms with E-state index >= 15 is 0 Å². The van der Waals surface area contributed by atoms with E-state index in [0.29, 0.717) is 0 Å². The van der Waals surface area contributed by atoms with E-state index in [1.807, 2.05) is 0 Å². The molecule has 1 rings (SSSR count). The number of ether oxygens (including phenoxy) is 1. The molecule has 0 radical (unpaired) electrons. The van der Waals surface area contributed by atoms with Crippen LogP contribution in [0, 0.1) is 0 Å². The number of rotatable bonds is 4. The molecule has 0 bridgehead atoms. The van der Waals surface area contributed by atoms with Gasteiger partial charge in [0.2, 0.25) is 0 Å². The minimum Gasteiger partial charge on any atom is -0.433 e. The summed E-state index contributed by atoms with van der Waals surface area (Å²) in [7, 11) is 0. The summed E-state index contributed by atoms with van der Waals surface area (Å²) in [6.07, 6.45) is -3.14. The van der Waals surface area contributed by atoms with Gasteiger partial charge in [0.05, 0.1) is 10.6 Å². The summed E-state index contributed by atoms with van der Waals surface area (Å²) in [6, 6.07) is 2.10. The molecule has 0 unspecified atom stereocenters. The van der Waals surface area contributed by atoms with E-state index in [2.05, 4.69) is 4.74 Å². The summed E-state index contributed by atoms with van der Waals surface area (Å²) >= 11 is 5.49. The predicted octanol–water partition coefficient (Wildman–Crippen LogP) is 4.08. The molecule has 2 nitrogen and oxygen atoms in total. The maximum absolute atomic E-state index is 12.7. The van der Waals surface area contributed by atoms with Gasteiger partial charge in [-0.1, -0.05) is 11.6 Å². The van der Waals surface area contributed by atoms with Crippen LogP contribution in [0.5, 0.6) is 5.75 Å². The molecule has 0 aromatic heterocycles. The Kier molecular flexibility index (Phi) is 4.34. The second-order valence-corrected chi connectivity index (χ2v) is 3.48. The zero-order valence-electron chi connectivity index (χ0n) is 8.52. The lowest BCUT2D eigenvalue weighted by Crippen LogP contribution is -2.09. The van der Waals surface area contributed by atoms with Gasteiger partial charge in [0.25, 0.3) is 6.43 Å². The molecule has 0 spiro atoms. The smallest absolute Gasteiger partial charge is 0.387 e. The highest BCUT2D eigenvalue weighted by molar-refractivity contribution is 6.32. The van der Waals surface area contributed by atoms with Gasteiger partial charge in [0.1, 0.15) is 0 Å². The second-order valence-electron chi connectivity index (χ2n) is 3.07. The Hall–Kier alpha value is -1.30. The Morgan fingerprint density at radius 2 is 1.88 bits per heavy atom. The Balaban J connectivity index is 3.43. The molecule has 0 atom stereocenters. The topological polar surface area (TPSA) is 26.3 Å². The monoisotopic (exact) mass is 270 g/mol. The third-order valence-corrected chi connectivity index (χ3v) is 2.25. The molecule has 17 heavy (non-hydrogen) atoms. The highest BCUT2D eigenvalue weighted by Crippen LogP contribution is 2.38. The first-order valence-corrected chi connectivity index (χ1v) is 4.78. The largest absolute Gasteiger partial charge is 0.433 e. The van der Waals surface area contributed by atoms with Crippen molar-refractivity contribution in [2.24, 2.45) is 0 Å². The first-order chi connectivity index (χ1) is 7.84. The summed E-state index contributed by atoms with van der Waals surface area (Å²) in [5.74, 6) is -1.54. The minimum atomic E-state index is -3.30. The summed E-state index contributed by atoms with van der Waals surface area (Å²) in [4.78, 5) is 11.1. The van der Waals surface area contributed by atoms with Crippen LogP contribution in [-0.4, -0.2) is 12.4 Å². The van der Waals surface area contributed by atoms with Crippen LogP contribution in [0.2, 0.25) is 5.02 Å². The maximum Gasteiger partial charge on any atom is 0.387 e. The fourth-order valence-corrected chi connectivity index (χ4v) is 1.51. The Labute approximate surface area is 99.1 Å². The maximum atomic E-state index is 12.7. The van der Waals surface area contributed by atoms with Crippen molar-refractivity contribution in [2.45, 2.75) is 20.0 Å². The molecule has 0 saturated heterocycles. The van der Waals surface area contributed by atoms with E-state index in [4.69, 9.17) is 11.6 Å². The number of alkyl halides is 4. The van der Waals surface area contributed by atoms with E-state index in [9.17, 15) is 22.4 Å². The van der Waals surface area contributed by atoms with Crippen LogP contribution in [-0.2, 0) is 0 Å². The number of ketones is 1. The third kappa shape index (κ3) is 3.09. The first-order valence-electron chi connectivity index (χ1n) is 4.41. The van der Waals surface area contributed by atoms with Crippen molar-refractivity contribution in [3.8, 4) is 5.75 Å². The highest BCUT2D eigenvalue weighted by Gasteiger charge is 2.25. The SMILES string of the molecule is CC(=O)c1ccc(Cl)c(OC(F)F)c1C(F)F. The lowest BCUT2D eigenvalue weighted by Gasteiger charge is -2.14. The normalized spacial score (nSPS) is 11.1. The quantitative estimate of drug-likeness (QED) is 0.609. The summed E-state index contributed by atoms with van der Waals surface area (Å²) < 4.78 is 53.5. The van der Waals surface area contributed by atoms with Crippen molar-refractivity contribution in [1.82, 2.24) is 0 Å². The van der Waals surface area contributed by atoms with Gasteiger partial charge in [-0.25, -0.2) is 8.78 Å². The molecular weight excluding hydrogens is 264 g/mol. The van der Waals surface area contributed by atoms with E-state index in [1.54, 1.807) is 0 Å². The van der Waals surface area contributed by atoms with Crippen LogP contribution in [0.15, 0.2) is 12.1 Å². The number of Topliss-reactive ketones (excluding diaryl/α,β-unsaturated/α-hetero) is 1. The highest BCUT2D eigenvalue weighted by atomic mass is 35.5. The van der Waals surface area contributed by atoms with Gasteiger partial charge < -0.3 is 4.74 Å². The number of halogens is 5. The molecule has 7 heteroatoms. The third-order valence-electron chi connectivity index (χ3n) is 1.95. The lowest BCUT2D eigenvalue weighted by molar-refractivity contribution is -0.0519. The molecule has 0 heterocycles. The van der Waals surface area contributed by atoms with E-state index in [-0.39, 0.29) is 5.56 Å². The summed E-state index contributed by atoms with van der Waals surface area (Å²) in [5, 5.41) is -0.398. The van der Waals surface area contributed by atoms with Crippen molar-refractivity contribution in [2.75, 3.05) is 0 Å². The second kappa shape index (κ2) is 5.35. The van der Waals surface area contributed by atoms with Crippen molar-refractivity contribution in [3.63, 3.8) is 0 Å². The molecule has 1 aromatic rings. The fraction of sp³-hybridized carbons (Fsp3) is 0.300. The zero-order chi connectivity index (χ0) is 13.2. The van der Waals surface area contributed by atoms with Crippen LogP contribution < -0.4 is 4.74 Å². The number of hydrogen-bond acceptors (Lipinski definition) is 2. The molecule has 0 N–H and O–H groups in total. The van der Waals surface area contributed by atoms with Crippen LogP contribution in [0.1, 0.15) is 29.3 Å². The Bertz CT molecular complexity index is 435. The summed E-state index contributed by atoms with van der Waals surface area (Å²) in [5.41, 5.74) is -1.30. The van der Waals surface area contributed by atoms with Crippen LogP contribution in [0.25, 0.3) is 0 Å². The Morgan fingerprint density at radius 3 is 2.29 bits per heavy atom.